The molecule has 1 aliphatic carbocycles. The monoisotopic (exact) mass is 490 g/mol. The fourth-order valence-electron chi connectivity index (χ4n) is 5.27. The summed E-state index contributed by atoms with van der Waals surface area (Å²) in [6.07, 6.45) is 7.68. The van der Waals surface area contributed by atoms with Crippen LogP contribution in [0.2, 0.25) is 0 Å². The summed E-state index contributed by atoms with van der Waals surface area (Å²) in [5.41, 5.74) is 7.43. The zero-order chi connectivity index (χ0) is 25.3. The van der Waals surface area contributed by atoms with E-state index < -0.39 is 0 Å². The third-order valence-corrected chi connectivity index (χ3v) is 7.26. The van der Waals surface area contributed by atoms with Gasteiger partial charge in [0.15, 0.2) is 5.58 Å². The number of anilines is 2. The van der Waals surface area contributed by atoms with Crippen LogP contribution in [0.1, 0.15) is 17.9 Å². The zero-order valence-corrected chi connectivity index (χ0v) is 20.9. The third kappa shape index (κ3) is 4.08. The van der Waals surface area contributed by atoms with Gasteiger partial charge in [-0.15, -0.1) is 0 Å². The van der Waals surface area contributed by atoms with E-state index in [0.717, 1.165) is 39.7 Å². The number of nitrogens with zero attached hydrogens (tertiary/aromatic N) is 2. The van der Waals surface area contributed by atoms with Gasteiger partial charge in [0.05, 0.1) is 5.69 Å². The average molecular weight is 491 g/mol. The Balaban J connectivity index is 1.31. The molecule has 1 aromatic heterocycles. The second-order valence-corrected chi connectivity index (χ2v) is 9.62. The van der Waals surface area contributed by atoms with Crippen LogP contribution in [0.25, 0.3) is 33.0 Å². The molecule has 0 N–H and O–H groups in total. The van der Waals surface area contributed by atoms with Gasteiger partial charge in [-0.2, -0.15) is 4.98 Å². The van der Waals surface area contributed by atoms with Crippen LogP contribution in [0, 0.1) is 0 Å². The minimum atomic E-state index is 0.356. The first kappa shape index (κ1) is 22.3. The van der Waals surface area contributed by atoms with Gasteiger partial charge >= 0.3 is 6.01 Å². The highest BCUT2D eigenvalue weighted by atomic mass is 16.4. The Bertz CT molecular complexity index is 1780. The lowest BCUT2D eigenvalue weighted by atomic mass is 9.91. The van der Waals surface area contributed by atoms with Crippen LogP contribution >= 0.6 is 0 Å². The van der Waals surface area contributed by atoms with Gasteiger partial charge < -0.3 is 4.42 Å². The number of oxazole rings is 1. The van der Waals surface area contributed by atoms with Gasteiger partial charge in [-0.25, -0.2) is 0 Å². The molecule has 0 radical (unpaired) electrons. The molecule has 0 amide bonds. The Morgan fingerprint density at radius 2 is 1.39 bits per heavy atom. The number of hydrogen-bond donors (Lipinski definition) is 0. The molecular formula is C35H26N2O. The Labute approximate surface area is 222 Å². The van der Waals surface area contributed by atoms with Gasteiger partial charge in [0.2, 0.25) is 0 Å². The van der Waals surface area contributed by atoms with E-state index in [0.29, 0.717) is 11.9 Å². The van der Waals surface area contributed by atoms with E-state index in [2.05, 4.69) is 120 Å². The maximum atomic E-state index is 6.52. The summed E-state index contributed by atoms with van der Waals surface area (Å²) in [7, 11) is 0. The average Bonchev–Trinajstić information content (AvgIpc) is 3.43. The summed E-state index contributed by atoms with van der Waals surface area (Å²) in [6, 6.07) is 42.7. The quantitative estimate of drug-likeness (QED) is 0.241. The Hall–Kier alpha value is -4.89. The lowest BCUT2D eigenvalue weighted by Gasteiger charge is -2.26. The molecule has 1 unspecified atom stereocenters. The summed E-state index contributed by atoms with van der Waals surface area (Å²) >= 11 is 0. The van der Waals surface area contributed by atoms with Crippen LogP contribution in [0.3, 0.4) is 0 Å². The smallest absolute Gasteiger partial charge is 0.307 e. The molecule has 38 heavy (non-hydrogen) atoms. The summed E-state index contributed by atoms with van der Waals surface area (Å²) < 4.78 is 6.52. The molecule has 182 valence electrons. The van der Waals surface area contributed by atoms with Crippen molar-refractivity contribution in [3.8, 4) is 11.1 Å². The summed E-state index contributed by atoms with van der Waals surface area (Å²) in [5, 5.41) is 2.21. The van der Waals surface area contributed by atoms with Gasteiger partial charge in [-0.1, -0.05) is 115 Å². The van der Waals surface area contributed by atoms with E-state index in [1.807, 2.05) is 24.3 Å². The first-order chi connectivity index (χ1) is 18.8. The van der Waals surface area contributed by atoms with E-state index in [4.69, 9.17) is 9.40 Å². The van der Waals surface area contributed by atoms with Crippen LogP contribution in [-0.4, -0.2) is 4.98 Å². The maximum absolute atomic E-state index is 6.52. The number of aromatic nitrogens is 1. The van der Waals surface area contributed by atoms with Crippen LogP contribution in [0.4, 0.5) is 11.7 Å². The summed E-state index contributed by atoms with van der Waals surface area (Å²) in [5.74, 6) is 0.356. The van der Waals surface area contributed by atoms with Crippen molar-refractivity contribution in [2.45, 2.75) is 12.3 Å². The third-order valence-electron chi connectivity index (χ3n) is 7.26. The van der Waals surface area contributed by atoms with Crippen molar-refractivity contribution < 1.29 is 4.42 Å². The van der Waals surface area contributed by atoms with E-state index in [1.54, 1.807) is 0 Å². The van der Waals surface area contributed by atoms with Crippen molar-refractivity contribution in [2.24, 2.45) is 0 Å². The molecule has 0 aliphatic heterocycles. The van der Waals surface area contributed by atoms with Crippen molar-refractivity contribution in [1.29, 1.82) is 0 Å². The lowest BCUT2D eigenvalue weighted by molar-refractivity contribution is 0.606. The maximum Gasteiger partial charge on any atom is 0.307 e. The van der Waals surface area contributed by atoms with E-state index >= 15 is 0 Å². The van der Waals surface area contributed by atoms with Gasteiger partial charge in [0.25, 0.3) is 0 Å². The molecule has 1 atom stereocenters. The van der Waals surface area contributed by atoms with Gasteiger partial charge in [-0.3, -0.25) is 4.90 Å². The van der Waals surface area contributed by atoms with Crippen LogP contribution in [0.15, 0.2) is 150 Å². The van der Waals surface area contributed by atoms with Gasteiger partial charge in [-0.05, 0) is 52.8 Å². The number of hydrogen-bond acceptors (Lipinski definition) is 3. The van der Waals surface area contributed by atoms with Crippen LogP contribution in [-0.2, 0) is 0 Å². The molecule has 0 fully saturated rings. The highest BCUT2D eigenvalue weighted by Gasteiger charge is 2.23. The van der Waals surface area contributed by atoms with Crippen molar-refractivity contribution >= 4 is 33.6 Å². The second-order valence-electron chi connectivity index (χ2n) is 9.62. The first-order valence-electron chi connectivity index (χ1n) is 13.0. The molecule has 3 heteroatoms. The van der Waals surface area contributed by atoms with Crippen molar-refractivity contribution in [1.82, 2.24) is 4.98 Å². The summed E-state index contributed by atoms with van der Waals surface area (Å²) in [6.45, 7) is 0. The number of allylic oxidation sites excluding steroid dienone is 3. The highest BCUT2D eigenvalue weighted by Crippen LogP contribution is 2.38. The second kappa shape index (κ2) is 9.53. The molecule has 3 nitrogen and oxygen atoms in total. The highest BCUT2D eigenvalue weighted by molar-refractivity contribution is 6.03. The largest absolute Gasteiger partial charge is 0.422 e. The zero-order valence-electron chi connectivity index (χ0n) is 20.9. The van der Waals surface area contributed by atoms with E-state index in [-0.39, 0.29) is 0 Å². The predicted octanol–water partition coefficient (Wildman–Crippen LogP) is 9.41. The molecule has 1 aliphatic rings. The Morgan fingerprint density at radius 1 is 0.684 bits per heavy atom. The van der Waals surface area contributed by atoms with Crippen LogP contribution in [0.5, 0.6) is 0 Å². The molecule has 0 spiro atoms. The van der Waals surface area contributed by atoms with Gasteiger partial charge in [0, 0.05) is 17.0 Å². The van der Waals surface area contributed by atoms with Crippen molar-refractivity contribution in [2.75, 3.05) is 4.90 Å². The SMILES string of the molecule is C1=CC(c2ccccc2)CC=C1N(c1ccc(-c2ccccc2)cc1)c1nc2ccc3ccccc3c2o1. The molecule has 1 heterocycles. The summed E-state index contributed by atoms with van der Waals surface area (Å²) in [4.78, 5) is 7.08. The van der Waals surface area contributed by atoms with E-state index in [1.165, 1.54) is 16.7 Å². The number of rotatable bonds is 5. The van der Waals surface area contributed by atoms with E-state index in [9.17, 15) is 0 Å². The standard InChI is InChI=1S/C35H26N2O/c1-3-9-25(10-4-1)27-15-20-30(21-16-27)37(31-22-17-28(18-23-31)26-11-5-2-6-12-26)35-36-33-24-19-29-13-7-8-14-32(29)34(33)38-35/h1-17,19-24,28H,18H2. The van der Waals surface area contributed by atoms with Gasteiger partial charge in [0.1, 0.15) is 5.52 Å². The van der Waals surface area contributed by atoms with Crippen molar-refractivity contribution in [3.05, 3.63) is 151 Å². The molecule has 6 aromatic rings. The molecular weight excluding hydrogens is 464 g/mol. The molecule has 0 bridgehead atoms. The first-order valence-corrected chi connectivity index (χ1v) is 13.0. The predicted molar refractivity (Wildman–Crippen MR) is 157 cm³/mol. The molecule has 7 rings (SSSR count). The Morgan fingerprint density at radius 3 is 2.16 bits per heavy atom. The van der Waals surface area contributed by atoms with Crippen molar-refractivity contribution in [3.63, 3.8) is 0 Å². The molecule has 0 saturated carbocycles. The normalized spacial score (nSPS) is 15.1. The molecule has 0 saturated heterocycles. The minimum Gasteiger partial charge on any atom is -0.422 e. The molecule has 5 aromatic carbocycles. The van der Waals surface area contributed by atoms with Crippen LogP contribution < -0.4 is 4.90 Å². The number of benzene rings is 5. The Kier molecular flexibility index (Phi) is 5.60. The topological polar surface area (TPSA) is 29.3 Å². The number of fused-ring (bicyclic) bond motifs is 3. The lowest BCUT2D eigenvalue weighted by Crippen LogP contribution is -2.17. The fraction of sp³-hybridized carbons (Fsp3) is 0.0571. The minimum absolute atomic E-state index is 0.356. The fourth-order valence-corrected chi connectivity index (χ4v) is 5.27.